The molecule has 24 heavy (non-hydrogen) atoms. The van der Waals surface area contributed by atoms with Crippen LogP contribution in [0.15, 0.2) is 65.8 Å². The third-order valence-electron chi connectivity index (χ3n) is 3.60. The monoisotopic (exact) mass is 320 g/mol. The molecule has 0 fully saturated rings. The molecule has 1 amide bonds. The third kappa shape index (κ3) is 3.35. The highest BCUT2D eigenvalue weighted by Gasteiger charge is 2.08. The van der Waals surface area contributed by atoms with Crippen molar-refractivity contribution in [3.8, 4) is 11.5 Å². The van der Waals surface area contributed by atoms with Crippen LogP contribution in [-0.2, 0) is 0 Å². The van der Waals surface area contributed by atoms with E-state index in [4.69, 9.17) is 4.74 Å². The molecule has 5 heteroatoms. The number of hydrogen-bond acceptors (Lipinski definition) is 4. The molecule has 0 bridgehead atoms. The lowest BCUT2D eigenvalue weighted by Gasteiger charge is -2.05. The average Bonchev–Trinajstić information content (AvgIpc) is 2.62. The average molecular weight is 320 g/mol. The van der Waals surface area contributed by atoms with Gasteiger partial charge in [0.05, 0.1) is 13.3 Å². The van der Waals surface area contributed by atoms with Gasteiger partial charge in [-0.05, 0) is 40.6 Å². The Morgan fingerprint density at radius 3 is 2.67 bits per heavy atom. The molecule has 120 valence electrons. The Balaban J connectivity index is 1.71. The molecule has 0 saturated heterocycles. The minimum atomic E-state index is -0.384. The first kappa shape index (κ1) is 15.6. The van der Waals surface area contributed by atoms with Crippen LogP contribution in [0.3, 0.4) is 0 Å². The SMILES string of the molecule is COc1cc(C(=O)NN=Cc2ccc3ccccc3c2)ccc1O. The second-order valence-corrected chi connectivity index (χ2v) is 5.19. The van der Waals surface area contributed by atoms with E-state index < -0.39 is 0 Å². The number of phenols is 1. The highest BCUT2D eigenvalue weighted by Crippen LogP contribution is 2.26. The first-order valence-electron chi connectivity index (χ1n) is 7.36. The Morgan fingerprint density at radius 1 is 1.08 bits per heavy atom. The number of amides is 1. The Kier molecular flexibility index (Phi) is 4.43. The molecule has 0 atom stereocenters. The van der Waals surface area contributed by atoms with E-state index in [0.29, 0.717) is 5.56 Å². The van der Waals surface area contributed by atoms with E-state index in [1.54, 1.807) is 6.21 Å². The van der Waals surface area contributed by atoms with Crippen LogP contribution < -0.4 is 10.2 Å². The van der Waals surface area contributed by atoms with Crippen molar-refractivity contribution >= 4 is 22.9 Å². The molecule has 0 spiro atoms. The zero-order valence-electron chi connectivity index (χ0n) is 13.1. The maximum atomic E-state index is 12.1. The van der Waals surface area contributed by atoms with Crippen LogP contribution in [0, 0.1) is 0 Å². The van der Waals surface area contributed by atoms with Crippen molar-refractivity contribution in [2.24, 2.45) is 5.10 Å². The fourth-order valence-corrected chi connectivity index (χ4v) is 2.34. The zero-order chi connectivity index (χ0) is 16.9. The number of nitrogens with zero attached hydrogens (tertiary/aromatic N) is 1. The van der Waals surface area contributed by atoms with Gasteiger partial charge in [-0.25, -0.2) is 5.43 Å². The number of fused-ring (bicyclic) bond motifs is 1. The molecule has 0 aliphatic carbocycles. The van der Waals surface area contributed by atoms with Crippen LogP contribution >= 0.6 is 0 Å². The standard InChI is InChI=1S/C19H16N2O3/c1-24-18-11-16(8-9-17(18)22)19(23)21-20-12-13-6-7-14-4-2-3-5-15(14)10-13/h2-12,22H,1H3,(H,21,23). The van der Waals surface area contributed by atoms with Crippen molar-refractivity contribution in [1.82, 2.24) is 5.43 Å². The highest BCUT2D eigenvalue weighted by atomic mass is 16.5. The van der Waals surface area contributed by atoms with Crippen molar-refractivity contribution in [1.29, 1.82) is 0 Å². The van der Waals surface area contributed by atoms with Gasteiger partial charge in [-0.3, -0.25) is 4.79 Å². The van der Waals surface area contributed by atoms with Crippen LogP contribution in [0.5, 0.6) is 11.5 Å². The topological polar surface area (TPSA) is 70.9 Å². The van der Waals surface area contributed by atoms with E-state index in [9.17, 15) is 9.90 Å². The van der Waals surface area contributed by atoms with Gasteiger partial charge < -0.3 is 9.84 Å². The van der Waals surface area contributed by atoms with Crippen LogP contribution in [0.2, 0.25) is 0 Å². The lowest BCUT2D eigenvalue weighted by Crippen LogP contribution is -2.17. The molecule has 0 aliphatic rings. The fourth-order valence-electron chi connectivity index (χ4n) is 2.34. The van der Waals surface area contributed by atoms with Crippen molar-refractivity contribution < 1.29 is 14.6 Å². The Hall–Kier alpha value is -3.34. The molecule has 0 heterocycles. The van der Waals surface area contributed by atoms with Crippen molar-refractivity contribution in [2.75, 3.05) is 7.11 Å². The summed E-state index contributed by atoms with van der Waals surface area (Å²) in [7, 11) is 1.43. The quantitative estimate of drug-likeness (QED) is 0.572. The first-order chi connectivity index (χ1) is 11.7. The number of aromatic hydroxyl groups is 1. The van der Waals surface area contributed by atoms with Crippen LogP contribution in [-0.4, -0.2) is 24.3 Å². The van der Waals surface area contributed by atoms with Gasteiger partial charge in [0.15, 0.2) is 11.5 Å². The summed E-state index contributed by atoms with van der Waals surface area (Å²) in [5, 5.41) is 15.8. The summed E-state index contributed by atoms with van der Waals surface area (Å²) in [4.78, 5) is 12.1. The van der Waals surface area contributed by atoms with E-state index >= 15 is 0 Å². The molecule has 0 radical (unpaired) electrons. The minimum Gasteiger partial charge on any atom is -0.504 e. The fraction of sp³-hybridized carbons (Fsp3) is 0.0526. The number of benzene rings is 3. The summed E-state index contributed by atoms with van der Waals surface area (Å²) in [6.07, 6.45) is 1.59. The van der Waals surface area contributed by atoms with Crippen LogP contribution in [0.25, 0.3) is 10.8 Å². The Morgan fingerprint density at radius 2 is 1.88 bits per heavy atom. The second kappa shape index (κ2) is 6.83. The summed E-state index contributed by atoms with van der Waals surface area (Å²) < 4.78 is 4.98. The zero-order valence-corrected chi connectivity index (χ0v) is 13.1. The number of carbonyl (C=O) groups is 1. The third-order valence-corrected chi connectivity index (χ3v) is 3.60. The molecule has 0 aliphatic heterocycles. The predicted molar refractivity (Wildman–Crippen MR) is 93.7 cm³/mol. The molecular weight excluding hydrogens is 304 g/mol. The Bertz CT molecular complexity index is 919. The van der Waals surface area contributed by atoms with Crippen LogP contribution in [0.1, 0.15) is 15.9 Å². The maximum Gasteiger partial charge on any atom is 0.271 e. The molecule has 0 saturated carbocycles. The smallest absolute Gasteiger partial charge is 0.271 e. The van der Waals surface area contributed by atoms with Gasteiger partial charge in [0.25, 0.3) is 5.91 Å². The molecule has 3 aromatic carbocycles. The number of hydrazone groups is 1. The molecular formula is C19H16N2O3. The summed E-state index contributed by atoms with van der Waals surface area (Å²) in [5.41, 5.74) is 3.69. The number of nitrogens with one attached hydrogen (secondary N) is 1. The number of hydrogen-bond donors (Lipinski definition) is 2. The van der Waals surface area contributed by atoms with Gasteiger partial charge in [0, 0.05) is 5.56 Å². The predicted octanol–water partition coefficient (Wildman–Crippen LogP) is 3.32. The van der Waals surface area contributed by atoms with Gasteiger partial charge in [0.1, 0.15) is 0 Å². The Labute approximate surface area is 139 Å². The molecule has 0 aromatic heterocycles. The van der Waals surface area contributed by atoms with Gasteiger partial charge in [-0.15, -0.1) is 0 Å². The lowest BCUT2D eigenvalue weighted by atomic mass is 10.1. The largest absolute Gasteiger partial charge is 0.504 e. The molecule has 2 N–H and O–H groups in total. The van der Waals surface area contributed by atoms with Crippen molar-refractivity contribution in [2.45, 2.75) is 0 Å². The molecule has 3 rings (SSSR count). The van der Waals surface area contributed by atoms with Gasteiger partial charge in [0.2, 0.25) is 0 Å². The number of phenolic OH excluding ortho intramolecular Hbond substituents is 1. The summed E-state index contributed by atoms with van der Waals surface area (Å²) >= 11 is 0. The van der Waals surface area contributed by atoms with Gasteiger partial charge >= 0.3 is 0 Å². The number of carbonyl (C=O) groups excluding carboxylic acids is 1. The van der Waals surface area contributed by atoms with E-state index in [0.717, 1.165) is 16.3 Å². The molecule has 3 aromatic rings. The van der Waals surface area contributed by atoms with E-state index in [2.05, 4.69) is 10.5 Å². The van der Waals surface area contributed by atoms with Gasteiger partial charge in [-0.1, -0.05) is 36.4 Å². The summed E-state index contributed by atoms with van der Waals surface area (Å²) in [5.74, 6) is -0.166. The summed E-state index contributed by atoms with van der Waals surface area (Å²) in [6.45, 7) is 0. The van der Waals surface area contributed by atoms with Crippen molar-refractivity contribution in [3.05, 3.63) is 71.8 Å². The van der Waals surface area contributed by atoms with E-state index in [-0.39, 0.29) is 17.4 Å². The van der Waals surface area contributed by atoms with E-state index in [1.807, 2.05) is 42.5 Å². The summed E-state index contributed by atoms with van der Waals surface area (Å²) in [6, 6.07) is 18.3. The molecule has 5 nitrogen and oxygen atoms in total. The maximum absolute atomic E-state index is 12.1. The van der Waals surface area contributed by atoms with Crippen LogP contribution in [0.4, 0.5) is 0 Å². The van der Waals surface area contributed by atoms with Gasteiger partial charge in [-0.2, -0.15) is 5.10 Å². The molecule has 0 unspecified atom stereocenters. The first-order valence-corrected chi connectivity index (χ1v) is 7.36. The lowest BCUT2D eigenvalue weighted by molar-refractivity contribution is 0.0955. The number of methoxy groups -OCH3 is 1. The number of ether oxygens (including phenoxy) is 1. The van der Waals surface area contributed by atoms with E-state index in [1.165, 1.54) is 25.3 Å². The minimum absolute atomic E-state index is 0.0197. The second-order valence-electron chi connectivity index (χ2n) is 5.19. The normalized spacial score (nSPS) is 10.9. The van der Waals surface area contributed by atoms with Crippen molar-refractivity contribution in [3.63, 3.8) is 0 Å². The highest BCUT2D eigenvalue weighted by molar-refractivity contribution is 5.96. The number of rotatable bonds is 4.